The molecule has 3 rings (SSSR count). The van der Waals surface area contributed by atoms with Gasteiger partial charge in [0, 0.05) is 22.0 Å². The van der Waals surface area contributed by atoms with Crippen molar-refractivity contribution in [3.05, 3.63) is 52.2 Å². The topological polar surface area (TPSA) is 54.9 Å². The van der Waals surface area contributed by atoms with Crippen LogP contribution in [0.1, 0.15) is 10.6 Å². The molecule has 0 aliphatic heterocycles. The highest BCUT2D eigenvalue weighted by atomic mass is 32.1. The number of thiazole rings is 2. The zero-order chi connectivity index (χ0) is 15.5. The van der Waals surface area contributed by atoms with Gasteiger partial charge < -0.3 is 5.32 Å². The van der Waals surface area contributed by atoms with Crippen molar-refractivity contribution in [1.82, 2.24) is 9.97 Å². The van der Waals surface area contributed by atoms with E-state index in [1.807, 2.05) is 6.92 Å². The zero-order valence-corrected chi connectivity index (χ0v) is 13.3. The first-order valence-corrected chi connectivity index (χ1v) is 8.23. The summed E-state index contributed by atoms with van der Waals surface area (Å²) in [6.45, 7) is 1.93. The Balaban J connectivity index is 1.69. The van der Waals surface area contributed by atoms with E-state index in [2.05, 4.69) is 15.3 Å². The highest BCUT2D eigenvalue weighted by molar-refractivity contribution is 7.15. The van der Waals surface area contributed by atoms with Gasteiger partial charge in [0.2, 0.25) is 5.91 Å². The number of aryl methyl sites for hydroxylation is 1. The van der Waals surface area contributed by atoms with Gasteiger partial charge in [-0.05, 0) is 19.1 Å². The van der Waals surface area contributed by atoms with Crippen molar-refractivity contribution in [3.63, 3.8) is 0 Å². The number of nitrogens with zero attached hydrogens (tertiary/aromatic N) is 2. The van der Waals surface area contributed by atoms with Gasteiger partial charge in [0.15, 0.2) is 5.13 Å². The molecule has 0 fully saturated rings. The Bertz CT molecular complexity index is 812. The predicted molar refractivity (Wildman–Crippen MR) is 86.7 cm³/mol. The number of nitrogens with one attached hydrogen (secondary N) is 1. The maximum atomic E-state index is 13.7. The van der Waals surface area contributed by atoms with Crippen molar-refractivity contribution < 1.29 is 9.18 Å². The lowest BCUT2D eigenvalue weighted by atomic mass is 10.2. The summed E-state index contributed by atoms with van der Waals surface area (Å²) in [4.78, 5) is 21.4. The normalized spacial score (nSPS) is 10.6. The van der Waals surface area contributed by atoms with Gasteiger partial charge in [-0.25, -0.2) is 14.4 Å². The highest BCUT2D eigenvalue weighted by Crippen LogP contribution is 2.26. The second-order valence-electron chi connectivity index (χ2n) is 4.62. The van der Waals surface area contributed by atoms with Crippen LogP contribution < -0.4 is 5.32 Å². The summed E-state index contributed by atoms with van der Waals surface area (Å²) in [5.74, 6) is -0.495. The van der Waals surface area contributed by atoms with Crippen molar-refractivity contribution in [1.29, 1.82) is 0 Å². The number of amides is 1. The number of hydrogen-bond donors (Lipinski definition) is 1. The van der Waals surface area contributed by atoms with Crippen LogP contribution in [-0.2, 0) is 11.2 Å². The van der Waals surface area contributed by atoms with E-state index < -0.39 is 0 Å². The Hall–Kier alpha value is -2.12. The minimum atomic E-state index is -0.314. The number of hydrogen-bond acceptors (Lipinski definition) is 5. The summed E-state index contributed by atoms with van der Waals surface area (Å²) in [5.41, 5.74) is 1.07. The Labute approximate surface area is 134 Å². The number of carbonyl (C=O) groups excluding carboxylic acids is 1. The number of benzene rings is 1. The van der Waals surface area contributed by atoms with Crippen LogP contribution in [0.15, 0.2) is 35.8 Å². The third-order valence-corrected chi connectivity index (χ3v) is 4.62. The summed E-state index contributed by atoms with van der Waals surface area (Å²) in [5, 5.41) is 5.65. The third kappa shape index (κ3) is 3.37. The van der Waals surface area contributed by atoms with E-state index in [0.717, 1.165) is 4.88 Å². The van der Waals surface area contributed by atoms with Crippen LogP contribution in [-0.4, -0.2) is 15.9 Å². The average molecular weight is 333 g/mol. The lowest BCUT2D eigenvalue weighted by Crippen LogP contribution is -2.14. The minimum absolute atomic E-state index is 0.142. The van der Waals surface area contributed by atoms with E-state index >= 15 is 0 Å². The summed E-state index contributed by atoms with van der Waals surface area (Å²) in [7, 11) is 0. The molecule has 4 nitrogen and oxygen atoms in total. The van der Waals surface area contributed by atoms with Crippen molar-refractivity contribution in [2.75, 3.05) is 5.32 Å². The summed E-state index contributed by atoms with van der Waals surface area (Å²) < 4.78 is 13.7. The maximum Gasteiger partial charge on any atom is 0.232 e. The molecule has 0 bridgehead atoms. The van der Waals surface area contributed by atoms with Crippen LogP contribution in [0, 0.1) is 12.7 Å². The molecule has 0 unspecified atom stereocenters. The number of rotatable bonds is 4. The molecule has 1 amide bonds. The SMILES string of the molecule is Cc1cnc(NC(=O)Cc2csc(-c3ccccc3F)n2)s1. The van der Waals surface area contributed by atoms with Crippen LogP contribution in [0.3, 0.4) is 0 Å². The lowest BCUT2D eigenvalue weighted by Gasteiger charge is -1.99. The quantitative estimate of drug-likeness (QED) is 0.788. The van der Waals surface area contributed by atoms with Crippen LogP contribution in [0.4, 0.5) is 9.52 Å². The molecule has 2 heterocycles. The first kappa shape index (κ1) is 14.8. The average Bonchev–Trinajstić information content (AvgIpc) is 3.09. The Morgan fingerprint density at radius 3 is 2.91 bits per heavy atom. The van der Waals surface area contributed by atoms with E-state index in [9.17, 15) is 9.18 Å². The fourth-order valence-electron chi connectivity index (χ4n) is 1.89. The van der Waals surface area contributed by atoms with E-state index in [-0.39, 0.29) is 18.1 Å². The second kappa shape index (κ2) is 6.33. The number of halogens is 1. The molecule has 112 valence electrons. The molecule has 0 spiro atoms. The molecular formula is C15H12FN3OS2. The molecule has 0 atom stereocenters. The monoisotopic (exact) mass is 333 g/mol. The van der Waals surface area contributed by atoms with Crippen LogP contribution in [0.2, 0.25) is 0 Å². The van der Waals surface area contributed by atoms with Gasteiger partial charge in [-0.2, -0.15) is 0 Å². The molecule has 0 aliphatic carbocycles. The van der Waals surface area contributed by atoms with Crippen LogP contribution >= 0.6 is 22.7 Å². The van der Waals surface area contributed by atoms with Crippen molar-refractivity contribution in [2.45, 2.75) is 13.3 Å². The largest absolute Gasteiger partial charge is 0.302 e. The molecule has 0 radical (unpaired) electrons. The third-order valence-electron chi connectivity index (χ3n) is 2.87. The Morgan fingerprint density at radius 1 is 1.36 bits per heavy atom. The standard InChI is InChI=1S/C15H12FN3OS2/c1-9-7-17-15(22-9)19-13(20)6-10-8-21-14(18-10)11-4-2-3-5-12(11)16/h2-5,7-8H,6H2,1H3,(H,17,19,20). The van der Waals surface area contributed by atoms with E-state index in [1.54, 1.807) is 29.8 Å². The van der Waals surface area contributed by atoms with E-state index in [0.29, 0.717) is 21.4 Å². The van der Waals surface area contributed by atoms with Crippen LogP contribution in [0.25, 0.3) is 10.6 Å². The first-order chi connectivity index (χ1) is 10.6. The predicted octanol–water partition coefficient (Wildman–Crippen LogP) is 3.90. The molecule has 22 heavy (non-hydrogen) atoms. The molecule has 0 aliphatic rings. The summed E-state index contributed by atoms with van der Waals surface area (Å²) in [6, 6.07) is 6.47. The molecule has 1 aromatic carbocycles. The molecule has 0 saturated heterocycles. The van der Waals surface area contributed by atoms with E-state index in [4.69, 9.17) is 0 Å². The number of aromatic nitrogens is 2. The maximum absolute atomic E-state index is 13.7. The van der Waals surface area contributed by atoms with Crippen molar-refractivity contribution >= 4 is 33.7 Å². The zero-order valence-electron chi connectivity index (χ0n) is 11.7. The smallest absolute Gasteiger partial charge is 0.232 e. The van der Waals surface area contributed by atoms with E-state index in [1.165, 1.54) is 28.7 Å². The first-order valence-electron chi connectivity index (χ1n) is 6.53. The fraction of sp³-hybridized carbons (Fsp3) is 0.133. The minimum Gasteiger partial charge on any atom is -0.302 e. The summed E-state index contributed by atoms with van der Waals surface area (Å²) >= 11 is 2.75. The van der Waals surface area contributed by atoms with Gasteiger partial charge in [0.25, 0.3) is 0 Å². The molecule has 1 N–H and O–H groups in total. The van der Waals surface area contributed by atoms with Gasteiger partial charge in [-0.3, -0.25) is 4.79 Å². The number of carbonyl (C=O) groups is 1. The molecule has 3 aromatic rings. The van der Waals surface area contributed by atoms with Gasteiger partial charge in [0.05, 0.1) is 12.1 Å². The van der Waals surface area contributed by atoms with Gasteiger partial charge >= 0.3 is 0 Å². The Morgan fingerprint density at radius 2 is 2.18 bits per heavy atom. The molecule has 7 heteroatoms. The van der Waals surface area contributed by atoms with Crippen molar-refractivity contribution in [3.8, 4) is 10.6 Å². The molecular weight excluding hydrogens is 321 g/mol. The highest BCUT2D eigenvalue weighted by Gasteiger charge is 2.12. The Kier molecular flexibility index (Phi) is 4.26. The van der Waals surface area contributed by atoms with Gasteiger partial charge in [-0.15, -0.1) is 22.7 Å². The second-order valence-corrected chi connectivity index (χ2v) is 6.72. The van der Waals surface area contributed by atoms with Gasteiger partial charge in [-0.1, -0.05) is 12.1 Å². The van der Waals surface area contributed by atoms with Gasteiger partial charge in [0.1, 0.15) is 10.8 Å². The number of anilines is 1. The summed E-state index contributed by atoms with van der Waals surface area (Å²) in [6.07, 6.45) is 1.85. The lowest BCUT2D eigenvalue weighted by molar-refractivity contribution is -0.115. The van der Waals surface area contributed by atoms with Crippen LogP contribution in [0.5, 0.6) is 0 Å². The van der Waals surface area contributed by atoms with Crippen molar-refractivity contribution in [2.24, 2.45) is 0 Å². The molecule has 0 saturated carbocycles. The molecule has 2 aromatic heterocycles. The fourth-order valence-corrected chi connectivity index (χ4v) is 3.41.